The maximum Gasteiger partial charge on any atom is 0.190 e. The second-order valence-electron chi connectivity index (χ2n) is 3.53. The van der Waals surface area contributed by atoms with Crippen molar-refractivity contribution in [3.8, 4) is 23.4 Å². The summed E-state index contributed by atoms with van der Waals surface area (Å²) in [4.78, 5) is 0. The molecule has 2 rings (SSSR count). The van der Waals surface area contributed by atoms with Crippen molar-refractivity contribution in [1.29, 1.82) is 10.5 Å². The molecule has 0 spiro atoms. The van der Waals surface area contributed by atoms with E-state index >= 15 is 0 Å². The van der Waals surface area contributed by atoms with Gasteiger partial charge in [0, 0.05) is 5.56 Å². The van der Waals surface area contributed by atoms with Gasteiger partial charge in [-0.2, -0.15) is 10.5 Å². The minimum atomic E-state index is 0.0817. The monoisotopic (exact) mass is 223 g/mol. The van der Waals surface area contributed by atoms with Crippen LogP contribution in [0.5, 0.6) is 0 Å². The molecular formula is C12H9N5. The highest BCUT2D eigenvalue weighted by Crippen LogP contribution is 2.24. The van der Waals surface area contributed by atoms with Gasteiger partial charge in [0.25, 0.3) is 0 Å². The van der Waals surface area contributed by atoms with E-state index in [-0.39, 0.29) is 12.2 Å². The molecule has 17 heavy (non-hydrogen) atoms. The van der Waals surface area contributed by atoms with E-state index in [1.54, 1.807) is 0 Å². The maximum atomic E-state index is 9.00. The van der Waals surface area contributed by atoms with Crippen molar-refractivity contribution >= 4 is 0 Å². The van der Waals surface area contributed by atoms with E-state index in [2.05, 4.69) is 10.3 Å². The first kappa shape index (κ1) is 10.8. The van der Waals surface area contributed by atoms with Crippen molar-refractivity contribution in [2.24, 2.45) is 0 Å². The Bertz CT molecular complexity index is 627. The number of benzene rings is 1. The molecule has 1 aromatic heterocycles. The lowest BCUT2D eigenvalue weighted by Crippen LogP contribution is -2.01. The molecule has 0 aliphatic carbocycles. The Balaban J connectivity index is 2.66. The fraction of sp³-hybridized carbons (Fsp3) is 0.167. The first-order chi connectivity index (χ1) is 8.27. The molecule has 0 unspecified atom stereocenters. The van der Waals surface area contributed by atoms with Crippen molar-refractivity contribution < 1.29 is 0 Å². The fourth-order valence-corrected chi connectivity index (χ4v) is 1.67. The van der Waals surface area contributed by atoms with E-state index in [1.807, 2.05) is 43.3 Å². The number of nitrogens with zero attached hydrogens (tertiary/aromatic N) is 5. The summed E-state index contributed by atoms with van der Waals surface area (Å²) in [5.74, 6) is 0. The molecule has 0 saturated heterocycles. The summed E-state index contributed by atoms with van der Waals surface area (Å²) in [5.41, 5.74) is 2.75. The standard InChI is InChI=1S/C12H9N5/c1-9-4-2-3-5-10(9)12-11(8-14)15-16-17(12)7-6-13/h2-5H,7H2,1H3. The first-order valence-corrected chi connectivity index (χ1v) is 5.04. The summed E-state index contributed by atoms with van der Waals surface area (Å²) < 4.78 is 1.45. The van der Waals surface area contributed by atoms with Crippen molar-refractivity contribution in [2.75, 3.05) is 0 Å². The summed E-state index contributed by atoms with van der Waals surface area (Å²) in [7, 11) is 0. The molecule has 1 aromatic carbocycles. The quantitative estimate of drug-likeness (QED) is 0.775. The van der Waals surface area contributed by atoms with Crippen LogP contribution in [0.15, 0.2) is 24.3 Å². The van der Waals surface area contributed by atoms with Gasteiger partial charge in [0.2, 0.25) is 0 Å². The topological polar surface area (TPSA) is 78.3 Å². The van der Waals surface area contributed by atoms with Gasteiger partial charge < -0.3 is 0 Å². The third-order valence-corrected chi connectivity index (χ3v) is 2.46. The van der Waals surface area contributed by atoms with Crippen LogP contribution >= 0.6 is 0 Å². The van der Waals surface area contributed by atoms with Gasteiger partial charge in [0.1, 0.15) is 18.3 Å². The Labute approximate surface area is 98.5 Å². The molecular weight excluding hydrogens is 214 g/mol. The molecule has 0 N–H and O–H groups in total. The summed E-state index contributed by atoms with van der Waals surface area (Å²) in [6, 6.07) is 11.6. The lowest BCUT2D eigenvalue weighted by atomic mass is 10.0. The summed E-state index contributed by atoms with van der Waals surface area (Å²) in [6.45, 7) is 2.03. The summed E-state index contributed by atoms with van der Waals surface area (Å²) in [5, 5.41) is 25.3. The number of aromatic nitrogens is 3. The minimum Gasteiger partial charge on any atom is -0.229 e. The Kier molecular flexibility index (Phi) is 2.85. The van der Waals surface area contributed by atoms with Crippen LogP contribution in [0.3, 0.4) is 0 Å². The van der Waals surface area contributed by atoms with Gasteiger partial charge in [-0.1, -0.05) is 29.5 Å². The Hall–Kier alpha value is -2.66. The molecule has 1 heterocycles. The number of aryl methyl sites for hydroxylation is 1. The minimum absolute atomic E-state index is 0.0817. The highest BCUT2D eigenvalue weighted by molar-refractivity contribution is 5.68. The number of nitriles is 2. The molecule has 0 bridgehead atoms. The highest BCUT2D eigenvalue weighted by atomic mass is 15.4. The molecule has 0 saturated carbocycles. The van der Waals surface area contributed by atoms with Gasteiger partial charge in [0.15, 0.2) is 5.69 Å². The summed E-state index contributed by atoms with van der Waals surface area (Å²) in [6.07, 6.45) is 0. The predicted octanol–water partition coefficient (Wildman–Crippen LogP) is 1.65. The SMILES string of the molecule is Cc1ccccc1-c1c(C#N)nnn1CC#N. The van der Waals surface area contributed by atoms with Crippen LogP contribution in [0.2, 0.25) is 0 Å². The maximum absolute atomic E-state index is 9.00. The van der Waals surface area contributed by atoms with Crippen LogP contribution in [-0.2, 0) is 6.54 Å². The third kappa shape index (κ3) is 1.86. The zero-order chi connectivity index (χ0) is 12.3. The normalized spacial score (nSPS) is 9.59. The van der Waals surface area contributed by atoms with E-state index in [1.165, 1.54) is 4.68 Å². The van der Waals surface area contributed by atoms with Crippen LogP contribution in [0.1, 0.15) is 11.3 Å². The molecule has 0 fully saturated rings. The Morgan fingerprint density at radius 2 is 2.06 bits per heavy atom. The number of hydrogen-bond acceptors (Lipinski definition) is 4. The van der Waals surface area contributed by atoms with E-state index in [0.717, 1.165) is 11.1 Å². The average Bonchev–Trinajstić information content (AvgIpc) is 2.73. The first-order valence-electron chi connectivity index (χ1n) is 5.04. The van der Waals surface area contributed by atoms with Crippen molar-refractivity contribution in [3.63, 3.8) is 0 Å². The average molecular weight is 223 g/mol. The largest absolute Gasteiger partial charge is 0.229 e. The highest BCUT2D eigenvalue weighted by Gasteiger charge is 2.15. The van der Waals surface area contributed by atoms with Crippen LogP contribution < -0.4 is 0 Å². The van der Waals surface area contributed by atoms with Crippen LogP contribution in [0.4, 0.5) is 0 Å². The Morgan fingerprint density at radius 1 is 1.29 bits per heavy atom. The molecule has 0 aliphatic rings. The lowest BCUT2D eigenvalue weighted by Gasteiger charge is -2.05. The van der Waals surface area contributed by atoms with Gasteiger partial charge in [-0.25, -0.2) is 4.68 Å². The fourth-order valence-electron chi connectivity index (χ4n) is 1.67. The van der Waals surface area contributed by atoms with Gasteiger partial charge in [-0.3, -0.25) is 0 Å². The van der Waals surface area contributed by atoms with Crippen molar-refractivity contribution in [3.05, 3.63) is 35.5 Å². The molecule has 0 aliphatic heterocycles. The van der Waals surface area contributed by atoms with Crippen LogP contribution in [-0.4, -0.2) is 15.0 Å². The van der Waals surface area contributed by atoms with Gasteiger partial charge in [0.05, 0.1) is 6.07 Å². The third-order valence-electron chi connectivity index (χ3n) is 2.46. The zero-order valence-electron chi connectivity index (χ0n) is 9.25. The second kappa shape index (κ2) is 4.46. The molecule has 0 atom stereocenters. The molecule has 0 radical (unpaired) electrons. The van der Waals surface area contributed by atoms with Gasteiger partial charge in [-0.15, -0.1) is 5.10 Å². The zero-order valence-corrected chi connectivity index (χ0v) is 9.25. The molecule has 5 heteroatoms. The number of hydrogen-bond donors (Lipinski definition) is 0. The van der Waals surface area contributed by atoms with Crippen LogP contribution in [0, 0.1) is 29.6 Å². The van der Waals surface area contributed by atoms with E-state index < -0.39 is 0 Å². The second-order valence-corrected chi connectivity index (χ2v) is 3.53. The Morgan fingerprint density at radius 3 is 2.71 bits per heavy atom. The molecule has 5 nitrogen and oxygen atoms in total. The molecule has 0 amide bonds. The van der Waals surface area contributed by atoms with Crippen molar-refractivity contribution in [2.45, 2.75) is 13.5 Å². The number of rotatable bonds is 2. The van der Waals surface area contributed by atoms with Crippen LogP contribution in [0.25, 0.3) is 11.3 Å². The smallest absolute Gasteiger partial charge is 0.190 e. The van der Waals surface area contributed by atoms with E-state index in [4.69, 9.17) is 10.5 Å². The molecule has 82 valence electrons. The van der Waals surface area contributed by atoms with Crippen molar-refractivity contribution in [1.82, 2.24) is 15.0 Å². The van der Waals surface area contributed by atoms with E-state index in [9.17, 15) is 0 Å². The molecule has 2 aromatic rings. The predicted molar refractivity (Wildman–Crippen MR) is 60.5 cm³/mol. The lowest BCUT2D eigenvalue weighted by molar-refractivity contribution is 0.674. The van der Waals surface area contributed by atoms with Gasteiger partial charge in [-0.05, 0) is 12.5 Å². The van der Waals surface area contributed by atoms with E-state index in [0.29, 0.717) is 5.69 Å². The summed E-state index contributed by atoms with van der Waals surface area (Å²) >= 11 is 0. The van der Waals surface area contributed by atoms with Gasteiger partial charge >= 0.3 is 0 Å².